The summed E-state index contributed by atoms with van der Waals surface area (Å²) in [5.74, 6) is -1.27. The van der Waals surface area contributed by atoms with E-state index in [0.29, 0.717) is 29.6 Å². The van der Waals surface area contributed by atoms with Crippen LogP contribution in [0.4, 0.5) is 10.5 Å². The number of aryl methyl sites for hydroxylation is 1. The van der Waals surface area contributed by atoms with Crippen LogP contribution in [0.5, 0.6) is 11.5 Å². The largest absolute Gasteiger partial charge is 0.490 e. The summed E-state index contributed by atoms with van der Waals surface area (Å²) in [6.07, 6.45) is 1.47. The number of methoxy groups -OCH3 is 1. The number of anilines is 1. The van der Waals surface area contributed by atoms with Crippen molar-refractivity contribution in [1.82, 2.24) is 4.90 Å². The molecular formula is C25H25ClN2O7S. The molecule has 9 nitrogen and oxygen atoms in total. The van der Waals surface area contributed by atoms with E-state index < -0.39 is 23.2 Å². The Bertz CT molecular complexity index is 1210. The number of nitrogens with zero attached hydrogens (tertiary/aromatic N) is 1. The molecule has 1 aliphatic rings. The number of benzene rings is 2. The Labute approximate surface area is 217 Å². The lowest BCUT2D eigenvalue weighted by molar-refractivity contribution is -0.148. The van der Waals surface area contributed by atoms with Crippen LogP contribution in [0.15, 0.2) is 41.3 Å². The van der Waals surface area contributed by atoms with Gasteiger partial charge in [0.2, 0.25) is 0 Å². The van der Waals surface area contributed by atoms with Crippen molar-refractivity contribution in [3.05, 3.63) is 57.5 Å². The maximum absolute atomic E-state index is 12.8. The zero-order valence-electron chi connectivity index (χ0n) is 20.1. The van der Waals surface area contributed by atoms with Crippen LogP contribution in [0, 0.1) is 6.92 Å². The number of ether oxygens (including phenoxy) is 3. The molecule has 11 heteroatoms. The Hall–Kier alpha value is -3.50. The first kappa shape index (κ1) is 27.1. The number of rotatable bonds is 9. The number of esters is 1. The number of imide groups is 1. The molecule has 0 unspecified atom stereocenters. The van der Waals surface area contributed by atoms with Crippen LogP contribution in [0.1, 0.15) is 25.0 Å². The predicted molar refractivity (Wildman–Crippen MR) is 137 cm³/mol. The molecule has 0 aliphatic carbocycles. The molecule has 1 aliphatic heterocycles. The second kappa shape index (κ2) is 12.0. The monoisotopic (exact) mass is 532 g/mol. The second-order valence-corrected chi connectivity index (χ2v) is 9.12. The Kier molecular flexibility index (Phi) is 9.00. The molecule has 2 aromatic rings. The van der Waals surface area contributed by atoms with E-state index >= 15 is 0 Å². The molecule has 190 valence electrons. The van der Waals surface area contributed by atoms with Gasteiger partial charge in [0.1, 0.15) is 6.04 Å². The number of carbonyl (C=O) groups is 4. The number of amides is 3. The van der Waals surface area contributed by atoms with Gasteiger partial charge < -0.3 is 19.5 Å². The average molecular weight is 533 g/mol. The van der Waals surface area contributed by atoms with Gasteiger partial charge in [-0.15, -0.1) is 0 Å². The van der Waals surface area contributed by atoms with Crippen LogP contribution >= 0.6 is 23.4 Å². The zero-order valence-corrected chi connectivity index (χ0v) is 21.7. The highest BCUT2D eigenvalue weighted by molar-refractivity contribution is 8.18. The highest BCUT2D eigenvalue weighted by Crippen LogP contribution is 2.39. The minimum absolute atomic E-state index is 0.111. The normalized spacial score (nSPS) is 15.1. The summed E-state index contributed by atoms with van der Waals surface area (Å²) >= 11 is 7.13. The van der Waals surface area contributed by atoms with Gasteiger partial charge in [-0.2, -0.15) is 0 Å². The summed E-state index contributed by atoms with van der Waals surface area (Å²) in [6.45, 7) is 5.12. The third-order valence-corrected chi connectivity index (χ3v) is 6.23. The molecule has 0 radical (unpaired) electrons. The lowest BCUT2D eigenvalue weighted by Crippen LogP contribution is -2.42. The molecule has 2 aromatic carbocycles. The standard InChI is InChI=1S/C25H25ClN2O7S/c1-5-34-19-11-16(12-20-23(30)28(25(32)36-20)15(3)24(31)33-4)10-18(26)22(19)35-13-21(29)27-17-8-6-14(2)7-9-17/h6-12,15H,5,13H2,1-4H3,(H,27,29)/b20-12+/t15-/m0/s1. The SMILES string of the molecule is CCOc1cc(/C=C2/SC(=O)N([C@@H](C)C(=O)OC)C2=O)cc(Cl)c1OCC(=O)Nc1ccc(C)cc1. The Morgan fingerprint density at radius 2 is 1.86 bits per heavy atom. The van der Waals surface area contributed by atoms with Crippen molar-refractivity contribution < 1.29 is 33.4 Å². The van der Waals surface area contributed by atoms with E-state index in [4.69, 9.17) is 21.1 Å². The van der Waals surface area contributed by atoms with Crippen molar-refractivity contribution >= 4 is 58.1 Å². The van der Waals surface area contributed by atoms with Gasteiger partial charge in [-0.3, -0.25) is 19.3 Å². The molecule has 0 spiro atoms. The van der Waals surface area contributed by atoms with Crippen LogP contribution in [0.25, 0.3) is 6.08 Å². The average Bonchev–Trinajstić information content (AvgIpc) is 3.11. The predicted octanol–water partition coefficient (Wildman–Crippen LogP) is 4.66. The number of nitrogens with one attached hydrogen (secondary N) is 1. The van der Waals surface area contributed by atoms with E-state index in [0.717, 1.165) is 10.5 Å². The summed E-state index contributed by atoms with van der Waals surface area (Å²) in [5, 5.41) is 2.30. The van der Waals surface area contributed by atoms with Crippen LogP contribution in [0.2, 0.25) is 5.02 Å². The lowest BCUT2D eigenvalue weighted by atomic mass is 10.1. The highest BCUT2D eigenvalue weighted by Gasteiger charge is 2.41. The molecule has 3 amide bonds. The van der Waals surface area contributed by atoms with Crippen molar-refractivity contribution in [2.24, 2.45) is 0 Å². The van der Waals surface area contributed by atoms with Crippen LogP contribution < -0.4 is 14.8 Å². The van der Waals surface area contributed by atoms with E-state index in [1.165, 1.54) is 26.2 Å². The quantitative estimate of drug-likeness (QED) is 0.366. The number of carbonyl (C=O) groups excluding carboxylic acids is 4. The molecule has 0 saturated carbocycles. The van der Waals surface area contributed by atoms with Gasteiger partial charge in [-0.25, -0.2) is 4.79 Å². The van der Waals surface area contributed by atoms with Crippen LogP contribution in [-0.2, 0) is 19.1 Å². The zero-order chi connectivity index (χ0) is 26.4. The molecule has 0 bridgehead atoms. The number of halogens is 1. The van der Waals surface area contributed by atoms with Gasteiger partial charge in [-0.1, -0.05) is 29.3 Å². The molecular weight excluding hydrogens is 508 g/mol. The third-order valence-electron chi connectivity index (χ3n) is 5.07. The molecule has 1 heterocycles. The summed E-state index contributed by atoms with van der Waals surface area (Å²) in [6, 6.07) is 9.38. The van der Waals surface area contributed by atoms with Crippen molar-refractivity contribution in [2.75, 3.05) is 25.6 Å². The van der Waals surface area contributed by atoms with E-state index in [1.807, 2.05) is 19.1 Å². The molecule has 1 fully saturated rings. The van der Waals surface area contributed by atoms with Gasteiger partial charge in [0.25, 0.3) is 17.1 Å². The first-order chi connectivity index (χ1) is 17.1. The maximum atomic E-state index is 12.8. The maximum Gasteiger partial charge on any atom is 0.328 e. The molecule has 1 atom stereocenters. The Morgan fingerprint density at radius 3 is 2.50 bits per heavy atom. The van der Waals surface area contributed by atoms with E-state index in [1.54, 1.807) is 25.1 Å². The fraction of sp³-hybridized carbons (Fsp3) is 0.280. The van der Waals surface area contributed by atoms with E-state index in [2.05, 4.69) is 10.1 Å². The fourth-order valence-corrected chi connectivity index (χ4v) is 4.47. The van der Waals surface area contributed by atoms with Crippen molar-refractivity contribution in [3.8, 4) is 11.5 Å². The van der Waals surface area contributed by atoms with Gasteiger partial charge in [0.05, 0.1) is 23.6 Å². The fourth-order valence-electron chi connectivity index (χ4n) is 3.29. The first-order valence-electron chi connectivity index (χ1n) is 10.9. The van der Waals surface area contributed by atoms with Crippen LogP contribution in [-0.4, -0.2) is 54.3 Å². The lowest BCUT2D eigenvalue weighted by Gasteiger charge is -2.18. The van der Waals surface area contributed by atoms with E-state index in [-0.39, 0.29) is 33.9 Å². The number of hydrogen-bond donors (Lipinski definition) is 1. The second-order valence-electron chi connectivity index (χ2n) is 7.72. The summed E-state index contributed by atoms with van der Waals surface area (Å²) in [7, 11) is 1.18. The summed E-state index contributed by atoms with van der Waals surface area (Å²) < 4.78 is 15.9. The smallest absolute Gasteiger partial charge is 0.328 e. The number of thioether (sulfide) groups is 1. The summed E-state index contributed by atoms with van der Waals surface area (Å²) in [5.41, 5.74) is 2.17. The molecule has 36 heavy (non-hydrogen) atoms. The third kappa shape index (κ3) is 6.38. The highest BCUT2D eigenvalue weighted by atomic mass is 35.5. The Morgan fingerprint density at radius 1 is 1.17 bits per heavy atom. The molecule has 0 aromatic heterocycles. The van der Waals surface area contributed by atoms with Gasteiger partial charge in [0.15, 0.2) is 18.1 Å². The number of hydrogen-bond acceptors (Lipinski definition) is 8. The van der Waals surface area contributed by atoms with Gasteiger partial charge >= 0.3 is 5.97 Å². The summed E-state index contributed by atoms with van der Waals surface area (Å²) in [4.78, 5) is 50.2. The molecule has 3 rings (SSSR count). The topological polar surface area (TPSA) is 111 Å². The minimum atomic E-state index is -1.06. The van der Waals surface area contributed by atoms with Crippen molar-refractivity contribution in [2.45, 2.75) is 26.8 Å². The van der Waals surface area contributed by atoms with Gasteiger partial charge in [0, 0.05) is 5.69 Å². The van der Waals surface area contributed by atoms with Gasteiger partial charge in [-0.05, 0) is 68.4 Å². The van der Waals surface area contributed by atoms with Crippen molar-refractivity contribution in [1.29, 1.82) is 0 Å². The molecule has 1 N–H and O–H groups in total. The van der Waals surface area contributed by atoms with Crippen LogP contribution in [0.3, 0.4) is 0 Å². The van der Waals surface area contributed by atoms with E-state index in [9.17, 15) is 19.2 Å². The minimum Gasteiger partial charge on any atom is -0.490 e. The first-order valence-corrected chi connectivity index (χ1v) is 12.1. The van der Waals surface area contributed by atoms with Crippen molar-refractivity contribution in [3.63, 3.8) is 0 Å². The Balaban J connectivity index is 1.78. The molecule has 1 saturated heterocycles.